The van der Waals surface area contributed by atoms with Gasteiger partial charge in [-0.1, -0.05) is 35.3 Å². The average molecular weight is 589 g/mol. The first-order valence-corrected chi connectivity index (χ1v) is 11.9. The van der Waals surface area contributed by atoms with E-state index in [0.717, 1.165) is 13.8 Å². The molecule has 0 fully saturated rings. The van der Waals surface area contributed by atoms with Crippen LogP contribution >= 0.6 is 23.2 Å². The van der Waals surface area contributed by atoms with E-state index >= 15 is 0 Å². The highest BCUT2D eigenvalue weighted by Crippen LogP contribution is 2.34. The van der Waals surface area contributed by atoms with Crippen molar-refractivity contribution in [3.05, 3.63) is 57.8 Å². The van der Waals surface area contributed by atoms with E-state index in [2.05, 4.69) is 15.6 Å². The number of esters is 2. The van der Waals surface area contributed by atoms with Gasteiger partial charge in [0, 0.05) is 13.8 Å². The van der Waals surface area contributed by atoms with E-state index < -0.39 is 48.3 Å². The molecule has 15 heteroatoms. The predicted molar refractivity (Wildman–Crippen MR) is 134 cm³/mol. The number of carbonyl (C=O) groups excluding carboxylic acids is 4. The Balaban J connectivity index is 1.93. The quantitative estimate of drug-likeness (QED) is 0.358. The number of hydrogen-bond acceptors (Lipinski definition) is 7. The third-order valence-corrected chi connectivity index (χ3v) is 5.74. The molecule has 2 aromatic carbocycles. The van der Waals surface area contributed by atoms with Gasteiger partial charge in [-0.15, -0.1) is 0 Å². The molecule has 1 heterocycles. The third-order valence-electron chi connectivity index (χ3n) is 5.11. The number of imidazole rings is 1. The fraction of sp³-hybridized carbons (Fsp3) is 0.292. The minimum atomic E-state index is -4.97. The first-order chi connectivity index (χ1) is 18.3. The Labute approximate surface area is 229 Å². The van der Waals surface area contributed by atoms with Crippen molar-refractivity contribution in [2.24, 2.45) is 0 Å². The number of alkyl halides is 3. The van der Waals surface area contributed by atoms with Gasteiger partial charge in [0.05, 0.1) is 32.9 Å². The van der Waals surface area contributed by atoms with Crippen LogP contribution in [0.1, 0.15) is 30.0 Å². The number of para-hydroxylation sites is 1. The number of hydrogen-bond donors (Lipinski definition) is 2. The highest BCUT2D eigenvalue weighted by atomic mass is 35.5. The largest absolute Gasteiger partial charge is 0.464 e. The molecule has 0 saturated carbocycles. The van der Waals surface area contributed by atoms with Crippen LogP contribution in [0.5, 0.6) is 0 Å². The van der Waals surface area contributed by atoms with E-state index in [4.69, 9.17) is 32.7 Å². The van der Waals surface area contributed by atoms with Gasteiger partial charge >= 0.3 is 18.1 Å². The van der Waals surface area contributed by atoms with Crippen LogP contribution in [0.3, 0.4) is 0 Å². The van der Waals surface area contributed by atoms with E-state index in [1.165, 1.54) is 36.4 Å². The molecule has 10 nitrogen and oxygen atoms in total. The number of anilines is 1. The number of nitrogens with one attached hydrogen (secondary N) is 2. The van der Waals surface area contributed by atoms with E-state index in [9.17, 15) is 32.3 Å². The van der Waals surface area contributed by atoms with Gasteiger partial charge in [0.2, 0.25) is 11.7 Å². The molecule has 2 amide bonds. The molecule has 208 valence electrons. The molecule has 2 N–H and O–H groups in total. The first kappa shape index (κ1) is 29.7. The van der Waals surface area contributed by atoms with E-state index in [1.807, 2.05) is 0 Å². The van der Waals surface area contributed by atoms with E-state index in [0.29, 0.717) is 4.57 Å². The van der Waals surface area contributed by atoms with Crippen molar-refractivity contribution in [2.45, 2.75) is 32.6 Å². The maximum atomic E-state index is 13.9. The Morgan fingerprint density at radius 3 is 2.08 bits per heavy atom. The van der Waals surface area contributed by atoms with Crippen molar-refractivity contribution in [1.29, 1.82) is 0 Å². The summed E-state index contributed by atoms with van der Waals surface area (Å²) in [6, 6.07) is 7.34. The summed E-state index contributed by atoms with van der Waals surface area (Å²) < 4.78 is 52.1. The van der Waals surface area contributed by atoms with Crippen LogP contribution in [-0.2, 0) is 36.6 Å². The molecular weight excluding hydrogens is 568 g/mol. The van der Waals surface area contributed by atoms with Crippen LogP contribution in [0.15, 0.2) is 36.4 Å². The van der Waals surface area contributed by atoms with Gasteiger partial charge in [0.1, 0.15) is 25.3 Å². The van der Waals surface area contributed by atoms with Gasteiger partial charge in [-0.2, -0.15) is 13.2 Å². The number of nitrogens with zero attached hydrogens (tertiary/aromatic N) is 2. The summed E-state index contributed by atoms with van der Waals surface area (Å²) >= 11 is 12.1. The van der Waals surface area contributed by atoms with Crippen molar-refractivity contribution in [1.82, 2.24) is 14.9 Å². The molecule has 39 heavy (non-hydrogen) atoms. The molecule has 0 saturated heterocycles. The van der Waals surface area contributed by atoms with Crippen molar-refractivity contribution in [2.75, 3.05) is 18.5 Å². The summed E-state index contributed by atoms with van der Waals surface area (Å²) in [6.45, 7) is 0.621. The molecule has 0 atom stereocenters. The van der Waals surface area contributed by atoms with Crippen LogP contribution < -0.4 is 10.6 Å². The van der Waals surface area contributed by atoms with Gasteiger partial charge in [-0.3, -0.25) is 19.2 Å². The Morgan fingerprint density at radius 1 is 0.974 bits per heavy atom. The van der Waals surface area contributed by atoms with Crippen molar-refractivity contribution >= 4 is 63.7 Å². The molecular formula is C24H21Cl2F3N4O6. The molecule has 3 rings (SSSR count). The maximum absolute atomic E-state index is 13.9. The summed E-state index contributed by atoms with van der Waals surface area (Å²) in [6.07, 6.45) is -4.97. The Kier molecular flexibility index (Phi) is 9.41. The summed E-state index contributed by atoms with van der Waals surface area (Å²) in [5.41, 5.74) is -0.525. The van der Waals surface area contributed by atoms with Crippen LogP contribution in [0, 0.1) is 0 Å². The van der Waals surface area contributed by atoms with Crippen LogP contribution in [0.2, 0.25) is 10.0 Å². The van der Waals surface area contributed by atoms with E-state index in [1.54, 1.807) is 0 Å². The molecule has 0 aliphatic heterocycles. The van der Waals surface area contributed by atoms with Crippen molar-refractivity contribution < 1.29 is 41.8 Å². The number of halogens is 5. The van der Waals surface area contributed by atoms with Crippen LogP contribution in [0.25, 0.3) is 11.0 Å². The number of amides is 2. The van der Waals surface area contributed by atoms with Crippen molar-refractivity contribution in [3.63, 3.8) is 0 Å². The fourth-order valence-corrected chi connectivity index (χ4v) is 4.08. The molecule has 0 aliphatic carbocycles. The lowest BCUT2D eigenvalue weighted by Gasteiger charge is -2.19. The number of ether oxygens (including phenoxy) is 2. The first-order valence-electron chi connectivity index (χ1n) is 11.2. The van der Waals surface area contributed by atoms with Crippen molar-refractivity contribution in [3.8, 4) is 0 Å². The smallest absolute Gasteiger partial charge is 0.449 e. The molecule has 0 bridgehead atoms. The Bertz CT molecular complexity index is 1390. The predicted octanol–water partition coefficient (Wildman–Crippen LogP) is 4.23. The highest BCUT2D eigenvalue weighted by Gasteiger charge is 2.38. The van der Waals surface area contributed by atoms with Gasteiger partial charge in [-0.05, 0) is 24.3 Å². The molecule has 3 aromatic rings. The molecule has 0 radical (unpaired) electrons. The van der Waals surface area contributed by atoms with Gasteiger partial charge < -0.3 is 24.7 Å². The minimum Gasteiger partial charge on any atom is -0.464 e. The lowest BCUT2D eigenvalue weighted by molar-refractivity contribution is -0.149. The third kappa shape index (κ3) is 7.60. The van der Waals surface area contributed by atoms with E-state index in [-0.39, 0.29) is 45.5 Å². The number of fused-ring (bicyclic) bond motifs is 1. The Morgan fingerprint density at radius 2 is 1.54 bits per heavy atom. The lowest BCUT2D eigenvalue weighted by atomic mass is 10.2. The number of rotatable bonds is 9. The molecule has 1 aromatic heterocycles. The second kappa shape index (κ2) is 12.3. The standard InChI is InChI=1S/C24H21Cl2F3N4O6/c1-12(34)38-10-14(11-39-13(2)35)30-19(36)9-33-18-8-4-7-17(21(18)32-23(33)24(27,28)29)31-22(37)20-15(25)5-3-6-16(20)26/h3-8,14H,9-11H2,1-2H3,(H,30,36)(H,31,37). The SMILES string of the molecule is CC(=O)OCC(COC(C)=O)NC(=O)Cn1c(C(F)(F)F)nc2c(NC(=O)c3c(Cl)cccc3Cl)cccc21. The summed E-state index contributed by atoms with van der Waals surface area (Å²) in [5.74, 6) is -4.45. The zero-order valence-electron chi connectivity index (χ0n) is 20.4. The van der Waals surface area contributed by atoms with Crippen LogP contribution in [-0.4, -0.2) is 52.6 Å². The highest BCUT2D eigenvalue weighted by molar-refractivity contribution is 6.40. The zero-order chi connectivity index (χ0) is 28.9. The average Bonchev–Trinajstić information content (AvgIpc) is 3.20. The summed E-state index contributed by atoms with van der Waals surface area (Å²) in [5, 5.41) is 4.91. The van der Waals surface area contributed by atoms with Gasteiger partial charge in [-0.25, -0.2) is 4.98 Å². The monoisotopic (exact) mass is 588 g/mol. The van der Waals surface area contributed by atoms with Crippen LogP contribution in [0.4, 0.5) is 18.9 Å². The summed E-state index contributed by atoms with van der Waals surface area (Å²) in [7, 11) is 0. The fourth-order valence-electron chi connectivity index (χ4n) is 3.51. The minimum absolute atomic E-state index is 0.0300. The van der Waals surface area contributed by atoms with Gasteiger partial charge in [0.15, 0.2) is 0 Å². The molecule has 0 unspecified atom stereocenters. The number of benzene rings is 2. The lowest BCUT2D eigenvalue weighted by Crippen LogP contribution is -2.44. The van der Waals surface area contributed by atoms with Gasteiger partial charge in [0.25, 0.3) is 5.91 Å². The maximum Gasteiger partial charge on any atom is 0.449 e. The second-order valence-electron chi connectivity index (χ2n) is 8.11. The summed E-state index contributed by atoms with van der Waals surface area (Å²) in [4.78, 5) is 51.5. The Hall–Kier alpha value is -3.84. The number of carbonyl (C=O) groups is 4. The molecule has 0 spiro atoms. The normalized spacial score (nSPS) is 11.4. The number of aromatic nitrogens is 2. The zero-order valence-corrected chi connectivity index (χ0v) is 21.9. The second-order valence-corrected chi connectivity index (χ2v) is 8.93. The molecule has 0 aliphatic rings. The topological polar surface area (TPSA) is 129 Å².